The molecular weight excluding hydrogens is 194 g/mol. The molecule has 0 aliphatic carbocycles. The van der Waals surface area contributed by atoms with Crippen LogP contribution in [0.25, 0.3) is 0 Å². The molecule has 1 rings (SSSR count). The summed E-state index contributed by atoms with van der Waals surface area (Å²) in [6, 6.07) is 7.12. The van der Waals surface area contributed by atoms with Crippen molar-refractivity contribution in [2.24, 2.45) is 4.99 Å². The van der Waals surface area contributed by atoms with E-state index in [0.717, 1.165) is 5.56 Å². The second-order valence-corrected chi connectivity index (χ2v) is 5.05. The molecule has 14 heavy (non-hydrogen) atoms. The van der Waals surface area contributed by atoms with Crippen LogP contribution in [-0.4, -0.2) is 22.6 Å². The molecule has 0 radical (unpaired) electrons. The number of phenols is 1. The Bertz CT molecular complexity index is 328. The minimum absolute atomic E-state index is 0.110. The number of benzene rings is 1. The van der Waals surface area contributed by atoms with E-state index in [1.165, 1.54) is 0 Å². The first kappa shape index (κ1) is 11.1. The van der Waals surface area contributed by atoms with Gasteiger partial charge in [0.25, 0.3) is 0 Å². The number of hydrogen-bond acceptors (Lipinski definition) is 3. The third-order valence-electron chi connectivity index (χ3n) is 1.65. The molecule has 0 heterocycles. The quantitative estimate of drug-likeness (QED) is 0.582. The fourth-order valence-corrected chi connectivity index (χ4v) is 1.05. The van der Waals surface area contributed by atoms with E-state index < -0.39 is 0 Å². The first-order valence-corrected chi connectivity index (χ1v) is 4.94. The summed E-state index contributed by atoms with van der Waals surface area (Å²) < 4.78 is -0.110. The molecule has 2 nitrogen and oxygen atoms in total. The van der Waals surface area contributed by atoms with Gasteiger partial charge in [-0.15, -0.1) is 0 Å². The van der Waals surface area contributed by atoms with Crippen molar-refractivity contribution in [1.29, 1.82) is 0 Å². The van der Waals surface area contributed by atoms with E-state index in [1.807, 2.05) is 26.0 Å². The van der Waals surface area contributed by atoms with Crippen LogP contribution in [0.15, 0.2) is 29.3 Å². The van der Waals surface area contributed by atoms with Crippen LogP contribution in [0, 0.1) is 0 Å². The maximum absolute atomic E-state index is 9.43. The number of rotatable bonds is 3. The average Bonchev–Trinajstić information content (AvgIpc) is 2.06. The largest absolute Gasteiger partial charge is 0.507 e. The average molecular weight is 209 g/mol. The lowest BCUT2D eigenvalue weighted by molar-refractivity contribution is 0.474. The molecule has 1 aromatic carbocycles. The zero-order valence-corrected chi connectivity index (χ0v) is 9.33. The molecule has 0 saturated carbocycles. The van der Waals surface area contributed by atoms with Crippen LogP contribution in [-0.2, 0) is 0 Å². The predicted octanol–water partition coefficient (Wildman–Crippen LogP) is 2.52. The molecule has 1 aromatic rings. The number of hydrogen-bond donors (Lipinski definition) is 2. The van der Waals surface area contributed by atoms with Crippen molar-refractivity contribution in [3.63, 3.8) is 0 Å². The Hall–Kier alpha value is -0.960. The van der Waals surface area contributed by atoms with Gasteiger partial charge in [-0.25, -0.2) is 0 Å². The summed E-state index contributed by atoms with van der Waals surface area (Å²) in [4.78, 5) is 4.21. The fourth-order valence-electron chi connectivity index (χ4n) is 0.964. The highest BCUT2D eigenvalue weighted by Crippen LogP contribution is 2.14. The molecule has 0 amide bonds. The van der Waals surface area contributed by atoms with Crippen LogP contribution in [0.4, 0.5) is 0 Å². The Morgan fingerprint density at radius 2 is 2.07 bits per heavy atom. The molecule has 0 aliphatic heterocycles. The van der Waals surface area contributed by atoms with Gasteiger partial charge in [0.05, 0.1) is 6.54 Å². The van der Waals surface area contributed by atoms with Crippen molar-refractivity contribution >= 4 is 18.8 Å². The van der Waals surface area contributed by atoms with Crippen molar-refractivity contribution in [1.82, 2.24) is 0 Å². The second kappa shape index (κ2) is 4.51. The number of aliphatic imine (C=N–C) groups is 1. The third kappa shape index (κ3) is 3.83. The number of aromatic hydroxyl groups is 1. The van der Waals surface area contributed by atoms with Crippen LogP contribution >= 0.6 is 12.6 Å². The predicted molar refractivity (Wildman–Crippen MR) is 63.6 cm³/mol. The molecule has 0 bridgehead atoms. The minimum atomic E-state index is -0.110. The minimum Gasteiger partial charge on any atom is -0.507 e. The Morgan fingerprint density at radius 1 is 1.43 bits per heavy atom. The third-order valence-corrected chi connectivity index (χ3v) is 1.79. The van der Waals surface area contributed by atoms with Crippen molar-refractivity contribution < 1.29 is 5.11 Å². The van der Waals surface area contributed by atoms with Crippen LogP contribution in [0.3, 0.4) is 0 Å². The van der Waals surface area contributed by atoms with Gasteiger partial charge in [0.2, 0.25) is 0 Å². The van der Waals surface area contributed by atoms with Crippen LogP contribution in [0.5, 0.6) is 5.75 Å². The van der Waals surface area contributed by atoms with E-state index in [2.05, 4.69) is 17.6 Å². The zero-order chi connectivity index (χ0) is 10.6. The first-order chi connectivity index (χ1) is 6.49. The molecule has 0 saturated heterocycles. The van der Waals surface area contributed by atoms with E-state index in [4.69, 9.17) is 0 Å². The molecule has 0 unspecified atom stereocenters. The van der Waals surface area contributed by atoms with E-state index in [1.54, 1.807) is 18.3 Å². The molecule has 1 N–H and O–H groups in total. The SMILES string of the molecule is CC(C)(S)CN=Cc1ccccc1O. The highest BCUT2D eigenvalue weighted by Gasteiger charge is 2.08. The standard InChI is InChI=1S/C11H15NOS/c1-11(2,14)8-12-7-9-5-3-4-6-10(9)13/h3-7,13-14H,8H2,1-2H3. The smallest absolute Gasteiger partial charge is 0.124 e. The van der Waals surface area contributed by atoms with Crippen molar-refractivity contribution in [3.8, 4) is 5.75 Å². The molecule has 3 heteroatoms. The van der Waals surface area contributed by atoms with Gasteiger partial charge >= 0.3 is 0 Å². The van der Waals surface area contributed by atoms with Gasteiger partial charge in [-0.05, 0) is 26.0 Å². The number of para-hydroxylation sites is 1. The highest BCUT2D eigenvalue weighted by molar-refractivity contribution is 7.81. The normalized spacial score (nSPS) is 12.2. The van der Waals surface area contributed by atoms with Crippen molar-refractivity contribution in [2.75, 3.05) is 6.54 Å². The summed E-state index contributed by atoms with van der Waals surface area (Å²) in [6.45, 7) is 4.63. The lowest BCUT2D eigenvalue weighted by atomic mass is 10.2. The molecule has 0 spiro atoms. The van der Waals surface area contributed by atoms with Gasteiger partial charge < -0.3 is 5.11 Å². The number of nitrogens with zero attached hydrogens (tertiary/aromatic N) is 1. The second-order valence-electron chi connectivity index (χ2n) is 3.84. The lowest BCUT2D eigenvalue weighted by Crippen LogP contribution is -2.14. The topological polar surface area (TPSA) is 32.6 Å². The van der Waals surface area contributed by atoms with Crippen LogP contribution in [0.2, 0.25) is 0 Å². The maximum Gasteiger partial charge on any atom is 0.124 e. The Kier molecular flexibility index (Phi) is 3.58. The highest BCUT2D eigenvalue weighted by atomic mass is 32.1. The molecule has 76 valence electrons. The van der Waals surface area contributed by atoms with Crippen molar-refractivity contribution in [3.05, 3.63) is 29.8 Å². The summed E-state index contributed by atoms with van der Waals surface area (Å²) in [6.07, 6.45) is 1.67. The Morgan fingerprint density at radius 3 is 2.64 bits per heavy atom. The number of thiol groups is 1. The summed E-state index contributed by atoms with van der Waals surface area (Å²) in [5.41, 5.74) is 0.741. The molecule has 0 aliphatic rings. The maximum atomic E-state index is 9.43. The van der Waals surface area contributed by atoms with Crippen LogP contribution in [0.1, 0.15) is 19.4 Å². The summed E-state index contributed by atoms with van der Waals surface area (Å²) in [5.74, 6) is 0.258. The molecular formula is C11H15NOS. The lowest BCUT2D eigenvalue weighted by Gasteiger charge is -2.12. The van der Waals surface area contributed by atoms with Gasteiger partial charge in [0, 0.05) is 16.5 Å². The van der Waals surface area contributed by atoms with Crippen molar-refractivity contribution in [2.45, 2.75) is 18.6 Å². The Labute approximate surface area is 90.1 Å². The summed E-state index contributed by atoms with van der Waals surface area (Å²) >= 11 is 4.35. The monoisotopic (exact) mass is 209 g/mol. The van der Waals surface area contributed by atoms with Gasteiger partial charge in [-0.1, -0.05) is 12.1 Å². The molecule has 0 atom stereocenters. The van der Waals surface area contributed by atoms with E-state index in [9.17, 15) is 5.11 Å². The zero-order valence-electron chi connectivity index (χ0n) is 8.44. The van der Waals surface area contributed by atoms with Gasteiger partial charge in [-0.3, -0.25) is 4.99 Å². The van der Waals surface area contributed by atoms with E-state index in [0.29, 0.717) is 6.54 Å². The first-order valence-electron chi connectivity index (χ1n) is 4.49. The van der Waals surface area contributed by atoms with Gasteiger partial charge in [0.15, 0.2) is 0 Å². The summed E-state index contributed by atoms with van der Waals surface area (Å²) in [7, 11) is 0. The van der Waals surface area contributed by atoms with Crippen LogP contribution < -0.4 is 0 Å². The molecule has 0 fully saturated rings. The van der Waals surface area contributed by atoms with E-state index >= 15 is 0 Å². The molecule has 0 aromatic heterocycles. The summed E-state index contributed by atoms with van der Waals surface area (Å²) in [5, 5.41) is 9.43. The Balaban J connectivity index is 2.65. The van der Waals surface area contributed by atoms with Gasteiger partial charge in [-0.2, -0.15) is 12.6 Å². The fraction of sp³-hybridized carbons (Fsp3) is 0.364. The van der Waals surface area contributed by atoms with Gasteiger partial charge in [0.1, 0.15) is 5.75 Å². The number of phenolic OH excluding ortho intramolecular Hbond substituents is 1. The van der Waals surface area contributed by atoms with E-state index in [-0.39, 0.29) is 10.5 Å².